The number of carbonyl (C=O) groups is 1. The standard InChI is InChI=1S/C5H9IN2O2/c1-4(5(9)10-3)8(2)7-6/h7H,1H2,2-3H3. The van der Waals surface area contributed by atoms with E-state index in [2.05, 4.69) is 15.0 Å². The number of hydrogen-bond acceptors (Lipinski definition) is 4. The fourth-order valence-corrected chi connectivity index (χ4v) is 0.597. The molecule has 0 fully saturated rings. The van der Waals surface area contributed by atoms with Gasteiger partial charge in [-0.1, -0.05) is 6.58 Å². The first-order valence-electron chi connectivity index (χ1n) is 2.50. The van der Waals surface area contributed by atoms with Gasteiger partial charge in [-0.25, -0.2) is 4.79 Å². The topological polar surface area (TPSA) is 41.6 Å². The quantitative estimate of drug-likeness (QED) is 0.262. The average Bonchev–Trinajstić information content (AvgIpc) is 2.00. The third kappa shape index (κ3) is 2.53. The van der Waals surface area contributed by atoms with E-state index in [4.69, 9.17) is 0 Å². The van der Waals surface area contributed by atoms with E-state index < -0.39 is 5.97 Å². The van der Waals surface area contributed by atoms with E-state index in [1.54, 1.807) is 7.05 Å². The van der Waals surface area contributed by atoms with Gasteiger partial charge in [0, 0.05) is 29.9 Å². The lowest BCUT2D eigenvalue weighted by atomic mass is 10.5. The van der Waals surface area contributed by atoms with Crippen molar-refractivity contribution in [2.75, 3.05) is 14.2 Å². The van der Waals surface area contributed by atoms with Gasteiger partial charge in [0.1, 0.15) is 5.70 Å². The van der Waals surface area contributed by atoms with Crippen molar-refractivity contribution in [3.05, 3.63) is 12.3 Å². The van der Waals surface area contributed by atoms with Crippen LogP contribution in [0.25, 0.3) is 0 Å². The van der Waals surface area contributed by atoms with Crippen molar-refractivity contribution in [2.24, 2.45) is 0 Å². The van der Waals surface area contributed by atoms with Gasteiger partial charge in [-0.3, -0.25) is 5.01 Å². The normalized spacial score (nSPS) is 8.70. The van der Waals surface area contributed by atoms with Crippen molar-refractivity contribution in [2.45, 2.75) is 0 Å². The van der Waals surface area contributed by atoms with Crippen LogP contribution in [-0.2, 0) is 9.53 Å². The number of ether oxygens (including phenoxy) is 1. The van der Waals surface area contributed by atoms with Gasteiger partial charge in [-0.15, -0.1) is 0 Å². The summed E-state index contributed by atoms with van der Waals surface area (Å²) in [5, 5.41) is 1.46. The number of rotatable bonds is 3. The first-order chi connectivity index (χ1) is 4.63. The lowest BCUT2D eigenvalue weighted by Crippen LogP contribution is -2.29. The Labute approximate surface area is 73.7 Å². The number of hydrazine groups is 1. The molecule has 0 unspecified atom stereocenters. The van der Waals surface area contributed by atoms with Gasteiger partial charge in [0.25, 0.3) is 0 Å². The van der Waals surface area contributed by atoms with Crippen LogP contribution in [0.1, 0.15) is 0 Å². The summed E-state index contributed by atoms with van der Waals surface area (Å²) in [6.45, 7) is 3.48. The van der Waals surface area contributed by atoms with Crippen LogP contribution in [0.2, 0.25) is 0 Å². The van der Waals surface area contributed by atoms with E-state index in [1.807, 2.05) is 22.9 Å². The molecule has 10 heavy (non-hydrogen) atoms. The first kappa shape index (κ1) is 9.70. The third-order valence-electron chi connectivity index (χ3n) is 0.953. The highest BCUT2D eigenvalue weighted by molar-refractivity contribution is 14.1. The predicted octanol–water partition coefficient (Wildman–Crippen LogP) is 0.459. The van der Waals surface area contributed by atoms with Gasteiger partial charge < -0.3 is 4.74 Å². The number of nitrogens with zero attached hydrogens (tertiary/aromatic N) is 1. The van der Waals surface area contributed by atoms with Crippen LogP contribution in [0.3, 0.4) is 0 Å². The molecule has 4 nitrogen and oxygen atoms in total. The highest BCUT2D eigenvalue weighted by Crippen LogP contribution is 1.97. The average molecular weight is 256 g/mol. The zero-order chi connectivity index (χ0) is 8.15. The minimum absolute atomic E-state index is 0.275. The summed E-state index contributed by atoms with van der Waals surface area (Å²) in [5.41, 5.74) is 0.275. The van der Waals surface area contributed by atoms with Crippen molar-refractivity contribution >= 4 is 28.8 Å². The summed E-state index contributed by atoms with van der Waals surface area (Å²) in [6, 6.07) is 0. The molecule has 0 amide bonds. The molecule has 0 rings (SSSR count). The molecule has 0 saturated heterocycles. The van der Waals surface area contributed by atoms with Crippen molar-refractivity contribution < 1.29 is 9.53 Å². The number of methoxy groups -OCH3 is 1. The van der Waals surface area contributed by atoms with Crippen LogP contribution in [0, 0.1) is 0 Å². The molecule has 0 aromatic carbocycles. The Balaban J connectivity index is 3.95. The summed E-state index contributed by atoms with van der Waals surface area (Å²) in [4.78, 5) is 10.7. The number of hydrogen-bond donors (Lipinski definition) is 1. The summed E-state index contributed by atoms with van der Waals surface area (Å²) >= 11 is 1.89. The molecule has 0 radical (unpaired) electrons. The molecule has 0 aromatic rings. The number of carbonyl (C=O) groups excluding carboxylic acids is 1. The maximum atomic E-state index is 10.7. The molecule has 0 bridgehead atoms. The van der Waals surface area contributed by atoms with Crippen molar-refractivity contribution in [3.8, 4) is 0 Å². The molecule has 0 aromatic heterocycles. The molecule has 0 aliphatic carbocycles. The van der Waals surface area contributed by atoms with Crippen LogP contribution < -0.4 is 3.64 Å². The Hall–Kier alpha value is -0.300. The van der Waals surface area contributed by atoms with Crippen molar-refractivity contribution in [3.63, 3.8) is 0 Å². The lowest BCUT2D eigenvalue weighted by Gasteiger charge is -2.15. The largest absolute Gasteiger partial charge is 0.464 e. The molecule has 0 spiro atoms. The Bertz CT molecular complexity index is 149. The van der Waals surface area contributed by atoms with E-state index in [9.17, 15) is 4.79 Å². The number of likely N-dealkylation sites (N-methyl/N-ethyl adjacent to an activating group) is 1. The molecule has 0 atom stereocenters. The van der Waals surface area contributed by atoms with Crippen LogP contribution >= 0.6 is 22.9 Å². The van der Waals surface area contributed by atoms with Gasteiger partial charge in [0.15, 0.2) is 0 Å². The summed E-state index contributed by atoms with van der Waals surface area (Å²) in [5.74, 6) is -0.438. The maximum absolute atomic E-state index is 10.7. The third-order valence-corrected chi connectivity index (χ3v) is 1.68. The molecule has 1 N–H and O–H groups in total. The SMILES string of the molecule is C=C(C(=O)OC)N(C)NI. The summed E-state index contributed by atoms with van der Waals surface area (Å²) in [6.07, 6.45) is 0. The summed E-state index contributed by atoms with van der Waals surface area (Å²) < 4.78 is 7.09. The highest BCUT2D eigenvalue weighted by Gasteiger charge is 2.09. The Morgan fingerprint density at radius 1 is 1.80 bits per heavy atom. The molecular formula is C5H9IN2O2. The predicted molar refractivity (Wildman–Crippen MR) is 46.1 cm³/mol. The van der Waals surface area contributed by atoms with E-state index in [-0.39, 0.29) is 5.70 Å². The highest BCUT2D eigenvalue weighted by atomic mass is 127. The molecule has 0 aliphatic heterocycles. The zero-order valence-corrected chi connectivity index (χ0v) is 8.01. The van der Waals surface area contributed by atoms with Gasteiger partial charge in [0.05, 0.1) is 7.11 Å². The Morgan fingerprint density at radius 3 is 2.60 bits per heavy atom. The van der Waals surface area contributed by atoms with Crippen molar-refractivity contribution in [1.82, 2.24) is 8.65 Å². The summed E-state index contributed by atoms with van der Waals surface area (Å²) in [7, 11) is 2.99. The molecular weight excluding hydrogens is 247 g/mol. The van der Waals surface area contributed by atoms with Crippen molar-refractivity contribution in [1.29, 1.82) is 0 Å². The maximum Gasteiger partial charge on any atom is 0.355 e. The van der Waals surface area contributed by atoms with Crippen LogP contribution in [-0.4, -0.2) is 25.1 Å². The van der Waals surface area contributed by atoms with Crippen LogP contribution in [0.15, 0.2) is 12.3 Å². The van der Waals surface area contributed by atoms with Crippen LogP contribution in [0.5, 0.6) is 0 Å². The fourth-order valence-electron chi connectivity index (χ4n) is 0.306. The lowest BCUT2D eigenvalue weighted by molar-refractivity contribution is -0.137. The minimum atomic E-state index is -0.438. The second-order valence-electron chi connectivity index (χ2n) is 1.58. The second-order valence-corrected chi connectivity index (χ2v) is 2.06. The van der Waals surface area contributed by atoms with E-state index in [0.29, 0.717) is 0 Å². The Morgan fingerprint density at radius 2 is 2.30 bits per heavy atom. The zero-order valence-electron chi connectivity index (χ0n) is 5.85. The van der Waals surface area contributed by atoms with E-state index in [0.717, 1.165) is 0 Å². The van der Waals surface area contributed by atoms with E-state index >= 15 is 0 Å². The van der Waals surface area contributed by atoms with Gasteiger partial charge in [-0.05, 0) is 0 Å². The molecule has 0 aliphatic rings. The minimum Gasteiger partial charge on any atom is -0.464 e. The Kier molecular flexibility index (Phi) is 4.37. The van der Waals surface area contributed by atoms with Crippen LogP contribution in [0.4, 0.5) is 0 Å². The molecule has 5 heteroatoms. The molecule has 0 heterocycles. The second kappa shape index (κ2) is 4.51. The van der Waals surface area contributed by atoms with E-state index in [1.165, 1.54) is 12.1 Å². The molecule has 0 saturated carbocycles. The van der Waals surface area contributed by atoms with Gasteiger partial charge in [-0.2, -0.15) is 3.64 Å². The number of halogens is 1. The first-order valence-corrected chi connectivity index (χ1v) is 3.58. The fraction of sp³-hybridized carbons (Fsp3) is 0.400. The smallest absolute Gasteiger partial charge is 0.355 e. The monoisotopic (exact) mass is 256 g/mol. The van der Waals surface area contributed by atoms with Gasteiger partial charge in [0.2, 0.25) is 0 Å². The number of nitrogens with one attached hydrogen (secondary N) is 1. The molecule has 58 valence electrons. The number of esters is 1. The van der Waals surface area contributed by atoms with Gasteiger partial charge >= 0.3 is 5.97 Å².